The number of carbonyl (C=O) groups is 2. The van der Waals surface area contributed by atoms with Crippen molar-refractivity contribution in [1.82, 2.24) is 10.3 Å². The number of carboxylic acid groups (broad SMARTS) is 1. The number of ether oxygens (including phenoxy) is 2. The smallest absolute Gasteiger partial charge is 0.326 e. The van der Waals surface area contributed by atoms with Crippen molar-refractivity contribution in [2.24, 2.45) is 0 Å². The molecule has 0 saturated heterocycles. The summed E-state index contributed by atoms with van der Waals surface area (Å²) < 4.78 is 10.7. The van der Waals surface area contributed by atoms with Gasteiger partial charge < -0.3 is 24.9 Å². The summed E-state index contributed by atoms with van der Waals surface area (Å²) in [5, 5.41) is 13.1. The van der Waals surface area contributed by atoms with Gasteiger partial charge in [-0.15, -0.1) is 0 Å². The predicted octanol–water partition coefficient (Wildman–Crippen LogP) is 3.15. The molecule has 0 aliphatic rings. The molecular formula is C22H24N2O5. The normalized spacial score (nSPS) is 11.8. The van der Waals surface area contributed by atoms with Crippen molar-refractivity contribution < 1.29 is 24.2 Å². The first-order chi connectivity index (χ1) is 14.1. The van der Waals surface area contributed by atoms with Gasteiger partial charge in [-0.3, -0.25) is 4.79 Å². The van der Waals surface area contributed by atoms with Gasteiger partial charge in [0.05, 0.1) is 13.7 Å². The Bertz CT molecular complexity index is 965. The van der Waals surface area contributed by atoms with Gasteiger partial charge in [0, 0.05) is 29.9 Å². The maximum Gasteiger partial charge on any atom is 0.326 e. The molecular weight excluding hydrogens is 372 g/mol. The van der Waals surface area contributed by atoms with Gasteiger partial charge in [-0.05, 0) is 42.3 Å². The van der Waals surface area contributed by atoms with Crippen molar-refractivity contribution in [3.8, 4) is 11.5 Å². The number of hydrogen-bond donors (Lipinski definition) is 3. The molecule has 0 fully saturated rings. The lowest BCUT2D eigenvalue weighted by molar-refractivity contribution is -0.141. The van der Waals surface area contributed by atoms with E-state index in [-0.39, 0.29) is 18.7 Å². The minimum atomic E-state index is -1.06. The van der Waals surface area contributed by atoms with Crippen molar-refractivity contribution in [3.05, 3.63) is 60.3 Å². The topological polar surface area (TPSA) is 101 Å². The van der Waals surface area contributed by atoms with Gasteiger partial charge in [0.2, 0.25) is 5.91 Å². The third kappa shape index (κ3) is 5.51. The van der Waals surface area contributed by atoms with Crippen LogP contribution in [0.5, 0.6) is 11.5 Å². The molecule has 29 heavy (non-hydrogen) atoms. The number of hydrogen-bond acceptors (Lipinski definition) is 4. The molecule has 3 rings (SSSR count). The van der Waals surface area contributed by atoms with Crippen LogP contribution in [0.2, 0.25) is 0 Å². The number of para-hydroxylation sites is 1. The second-order valence-electron chi connectivity index (χ2n) is 6.65. The molecule has 0 aliphatic heterocycles. The van der Waals surface area contributed by atoms with Crippen LogP contribution in [0.15, 0.2) is 54.7 Å². The first-order valence-corrected chi connectivity index (χ1v) is 9.41. The highest BCUT2D eigenvalue weighted by Crippen LogP contribution is 2.19. The molecule has 1 amide bonds. The SMILES string of the molecule is COc1ccc(OCCCC(=O)NC(Cc2c[nH]c3ccccc23)C(=O)O)cc1. The lowest BCUT2D eigenvalue weighted by Crippen LogP contribution is -2.42. The summed E-state index contributed by atoms with van der Waals surface area (Å²) in [6.45, 7) is 0.361. The van der Waals surface area contributed by atoms with Gasteiger partial charge in [0.15, 0.2) is 0 Å². The molecule has 0 spiro atoms. The number of carbonyl (C=O) groups excluding carboxylic acids is 1. The largest absolute Gasteiger partial charge is 0.497 e. The molecule has 7 nitrogen and oxygen atoms in total. The van der Waals surface area contributed by atoms with E-state index in [0.29, 0.717) is 18.8 Å². The summed E-state index contributed by atoms with van der Waals surface area (Å²) in [6, 6.07) is 13.9. The highest BCUT2D eigenvalue weighted by molar-refractivity contribution is 5.86. The van der Waals surface area contributed by atoms with Crippen LogP contribution in [-0.4, -0.2) is 41.7 Å². The van der Waals surface area contributed by atoms with Crippen molar-refractivity contribution in [2.45, 2.75) is 25.3 Å². The molecule has 0 aliphatic carbocycles. The van der Waals surface area contributed by atoms with Crippen LogP contribution < -0.4 is 14.8 Å². The van der Waals surface area contributed by atoms with Crippen molar-refractivity contribution in [2.75, 3.05) is 13.7 Å². The Hall–Kier alpha value is -3.48. The average Bonchev–Trinajstić information content (AvgIpc) is 3.14. The predicted molar refractivity (Wildman–Crippen MR) is 109 cm³/mol. The summed E-state index contributed by atoms with van der Waals surface area (Å²) in [5.41, 5.74) is 1.80. The zero-order chi connectivity index (χ0) is 20.6. The zero-order valence-corrected chi connectivity index (χ0v) is 16.2. The second-order valence-corrected chi connectivity index (χ2v) is 6.65. The summed E-state index contributed by atoms with van der Waals surface area (Å²) in [7, 11) is 1.59. The third-order valence-electron chi connectivity index (χ3n) is 4.61. The van der Waals surface area contributed by atoms with E-state index in [2.05, 4.69) is 10.3 Å². The van der Waals surface area contributed by atoms with Gasteiger partial charge in [0.1, 0.15) is 17.5 Å². The van der Waals surface area contributed by atoms with Crippen LogP contribution >= 0.6 is 0 Å². The number of H-pyrrole nitrogens is 1. The fraction of sp³-hybridized carbons (Fsp3) is 0.273. The fourth-order valence-corrected chi connectivity index (χ4v) is 3.08. The molecule has 0 bridgehead atoms. The minimum absolute atomic E-state index is 0.188. The van der Waals surface area contributed by atoms with Crippen LogP contribution in [0.3, 0.4) is 0 Å². The van der Waals surface area contributed by atoms with Crippen LogP contribution in [0.4, 0.5) is 0 Å². The molecule has 7 heteroatoms. The Morgan fingerprint density at radius 1 is 1.10 bits per heavy atom. The molecule has 3 N–H and O–H groups in total. The molecule has 3 aromatic rings. The third-order valence-corrected chi connectivity index (χ3v) is 4.61. The number of aromatic amines is 1. The van der Waals surface area contributed by atoms with Gasteiger partial charge in [-0.1, -0.05) is 18.2 Å². The Kier molecular flexibility index (Phi) is 6.73. The van der Waals surface area contributed by atoms with Gasteiger partial charge in [-0.2, -0.15) is 0 Å². The van der Waals surface area contributed by atoms with Crippen LogP contribution in [-0.2, 0) is 16.0 Å². The number of nitrogens with one attached hydrogen (secondary N) is 2. The molecule has 0 radical (unpaired) electrons. The fourth-order valence-electron chi connectivity index (χ4n) is 3.08. The number of methoxy groups -OCH3 is 1. The summed E-state index contributed by atoms with van der Waals surface area (Å²) >= 11 is 0. The lowest BCUT2D eigenvalue weighted by atomic mass is 10.0. The number of rotatable bonds is 10. The second kappa shape index (κ2) is 9.64. The maximum atomic E-state index is 12.2. The van der Waals surface area contributed by atoms with E-state index in [4.69, 9.17) is 9.47 Å². The van der Waals surface area contributed by atoms with Gasteiger partial charge in [0.25, 0.3) is 0 Å². The van der Waals surface area contributed by atoms with Crippen molar-refractivity contribution in [1.29, 1.82) is 0 Å². The molecule has 152 valence electrons. The van der Waals surface area contributed by atoms with E-state index >= 15 is 0 Å². The monoisotopic (exact) mass is 396 g/mol. The lowest BCUT2D eigenvalue weighted by Gasteiger charge is -2.14. The quantitative estimate of drug-likeness (QED) is 0.457. The standard InChI is InChI=1S/C22H24N2O5/c1-28-16-8-10-17(11-9-16)29-12-4-7-21(25)24-20(22(26)27)13-15-14-23-19-6-3-2-5-18(15)19/h2-3,5-6,8-11,14,20,23H,4,7,12-13H2,1H3,(H,24,25)(H,26,27). The van der Waals surface area contributed by atoms with E-state index in [0.717, 1.165) is 22.2 Å². The Labute approximate surface area is 168 Å². The molecule has 1 atom stereocenters. The molecule has 0 saturated carbocycles. The maximum absolute atomic E-state index is 12.2. The number of carboxylic acids is 1. The number of benzene rings is 2. The summed E-state index contributed by atoms with van der Waals surface area (Å²) in [4.78, 5) is 26.9. The van der Waals surface area contributed by atoms with Crippen LogP contribution in [0, 0.1) is 0 Å². The van der Waals surface area contributed by atoms with E-state index in [1.54, 1.807) is 37.6 Å². The molecule has 2 aromatic carbocycles. The zero-order valence-electron chi connectivity index (χ0n) is 16.2. The van der Waals surface area contributed by atoms with Crippen LogP contribution in [0.25, 0.3) is 10.9 Å². The van der Waals surface area contributed by atoms with Crippen molar-refractivity contribution >= 4 is 22.8 Å². The Balaban J connectivity index is 1.47. The Morgan fingerprint density at radius 2 is 1.83 bits per heavy atom. The highest BCUT2D eigenvalue weighted by atomic mass is 16.5. The summed E-state index contributed by atoms with van der Waals surface area (Å²) in [6.07, 6.45) is 2.67. The number of aromatic nitrogens is 1. The van der Waals surface area contributed by atoms with Gasteiger partial charge >= 0.3 is 5.97 Å². The van der Waals surface area contributed by atoms with E-state index in [1.165, 1.54) is 0 Å². The van der Waals surface area contributed by atoms with E-state index in [9.17, 15) is 14.7 Å². The van der Waals surface area contributed by atoms with Crippen molar-refractivity contribution in [3.63, 3.8) is 0 Å². The number of aliphatic carboxylic acids is 1. The molecule has 1 aromatic heterocycles. The molecule has 1 heterocycles. The first-order valence-electron chi connectivity index (χ1n) is 9.41. The minimum Gasteiger partial charge on any atom is -0.497 e. The van der Waals surface area contributed by atoms with Crippen LogP contribution in [0.1, 0.15) is 18.4 Å². The average molecular weight is 396 g/mol. The van der Waals surface area contributed by atoms with E-state index < -0.39 is 12.0 Å². The van der Waals surface area contributed by atoms with Gasteiger partial charge in [-0.25, -0.2) is 4.79 Å². The number of amides is 1. The highest BCUT2D eigenvalue weighted by Gasteiger charge is 2.21. The van der Waals surface area contributed by atoms with E-state index in [1.807, 2.05) is 24.3 Å². The number of fused-ring (bicyclic) bond motifs is 1. The molecule has 1 unspecified atom stereocenters. The summed E-state index contributed by atoms with van der Waals surface area (Å²) in [5.74, 6) is 0.0642. The Morgan fingerprint density at radius 3 is 2.55 bits per heavy atom. The first kappa shape index (κ1) is 20.3.